The smallest absolute Gasteiger partial charge is 0.325 e. The minimum Gasteiger partial charge on any atom is -0.411 e. The number of H-pyrrole nitrogens is 2. The fraction of sp³-hybridized carbons (Fsp3) is 0.765. The van der Waals surface area contributed by atoms with Crippen LogP contribution in [0.25, 0.3) is 0 Å². The Morgan fingerprint density at radius 2 is 1.92 bits per heavy atom. The molecule has 1 aromatic heterocycles. The monoisotopic (exact) mass is 354 g/mol. The first-order valence-corrected chi connectivity index (χ1v) is 11.5. The van der Waals surface area contributed by atoms with Gasteiger partial charge in [-0.15, -0.1) is 0 Å². The number of rotatable bonds is 4. The van der Waals surface area contributed by atoms with Crippen LogP contribution in [0.1, 0.15) is 52.7 Å². The SMILES string of the molecule is CC[C@H]1O[C@@H](c2c[nH]c(=O)[nH]c2=O)[C@@H](O[Si](C)(C)C(C)(C)C)C1C. The topological polar surface area (TPSA) is 84.2 Å². The van der Waals surface area contributed by atoms with E-state index in [0.717, 1.165) is 6.42 Å². The minimum atomic E-state index is -2.02. The first-order valence-electron chi connectivity index (χ1n) is 8.63. The van der Waals surface area contributed by atoms with Gasteiger partial charge in [0.25, 0.3) is 5.56 Å². The van der Waals surface area contributed by atoms with Crippen LogP contribution >= 0.6 is 0 Å². The second kappa shape index (κ2) is 6.61. The summed E-state index contributed by atoms with van der Waals surface area (Å²) in [5.41, 5.74) is -0.485. The van der Waals surface area contributed by atoms with Gasteiger partial charge < -0.3 is 14.1 Å². The van der Waals surface area contributed by atoms with Crippen LogP contribution in [0, 0.1) is 5.92 Å². The van der Waals surface area contributed by atoms with Gasteiger partial charge in [0, 0.05) is 12.1 Å². The molecule has 0 bridgehead atoms. The quantitative estimate of drug-likeness (QED) is 0.814. The minimum absolute atomic E-state index is 0.0381. The fourth-order valence-corrected chi connectivity index (χ4v) is 4.29. The van der Waals surface area contributed by atoms with Gasteiger partial charge in [0.2, 0.25) is 0 Å². The van der Waals surface area contributed by atoms with Crippen molar-refractivity contribution in [3.63, 3.8) is 0 Å². The van der Waals surface area contributed by atoms with Crippen molar-refractivity contribution in [2.75, 3.05) is 0 Å². The maximum Gasteiger partial charge on any atom is 0.325 e. The average Bonchev–Trinajstić information content (AvgIpc) is 2.74. The van der Waals surface area contributed by atoms with Gasteiger partial charge in [0.1, 0.15) is 6.10 Å². The number of ether oxygens (including phenoxy) is 1. The zero-order valence-corrected chi connectivity index (χ0v) is 16.7. The summed E-state index contributed by atoms with van der Waals surface area (Å²) >= 11 is 0. The predicted molar refractivity (Wildman–Crippen MR) is 96.8 cm³/mol. The van der Waals surface area contributed by atoms with Crippen molar-refractivity contribution in [2.24, 2.45) is 5.92 Å². The van der Waals surface area contributed by atoms with E-state index >= 15 is 0 Å². The Morgan fingerprint density at radius 3 is 2.42 bits per heavy atom. The van der Waals surface area contributed by atoms with Crippen LogP contribution in [-0.2, 0) is 9.16 Å². The molecule has 2 N–H and O–H groups in total. The molecule has 1 aromatic rings. The largest absolute Gasteiger partial charge is 0.411 e. The predicted octanol–water partition coefficient (Wildman–Crippen LogP) is 2.94. The molecule has 24 heavy (non-hydrogen) atoms. The number of hydrogen-bond donors (Lipinski definition) is 2. The van der Waals surface area contributed by atoms with Crippen LogP contribution in [0.2, 0.25) is 18.1 Å². The summed E-state index contributed by atoms with van der Waals surface area (Å²) in [5, 5.41) is 0.0684. The van der Waals surface area contributed by atoms with Gasteiger partial charge in [-0.25, -0.2) is 4.79 Å². The summed E-state index contributed by atoms with van der Waals surface area (Å²) in [7, 11) is -2.02. The molecule has 6 nitrogen and oxygen atoms in total. The van der Waals surface area contributed by atoms with Gasteiger partial charge in [-0.1, -0.05) is 34.6 Å². The first kappa shape index (κ1) is 19.1. The van der Waals surface area contributed by atoms with E-state index < -0.39 is 25.7 Å². The lowest BCUT2D eigenvalue weighted by atomic mass is 9.95. The number of hydrogen-bond acceptors (Lipinski definition) is 4. The van der Waals surface area contributed by atoms with E-state index in [4.69, 9.17) is 9.16 Å². The summed E-state index contributed by atoms with van der Waals surface area (Å²) < 4.78 is 12.8. The molecule has 0 aromatic carbocycles. The molecule has 7 heteroatoms. The molecule has 136 valence electrons. The Kier molecular flexibility index (Phi) is 5.27. The Bertz CT molecular complexity index is 689. The van der Waals surface area contributed by atoms with E-state index in [1.54, 1.807) is 0 Å². The van der Waals surface area contributed by atoms with Crippen LogP contribution < -0.4 is 11.2 Å². The van der Waals surface area contributed by atoms with Crippen molar-refractivity contribution < 1.29 is 9.16 Å². The van der Waals surface area contributed by atoms with E-state index in [1.807, 2.05) is 0 Å². The van der Waals surface area contributed by atoms with Gasteiger partial charge in [-0.05, 0) is 24.6 Å². The van der Waals surface area contributed by atoms with E-state index in [1.165, 1.54) is 6.20 Å². The van der Waals surface area contributed by atoms with Crippen molar-refractivity contribution >= 4 is 8.32 Å². The molecule has 1 unspecified atom stereocenters. The van der Waals surface area contributed by atoms with Crippen molar-refractivity contribution in [1.82, 2.24) is 9.97 Å². The third-order valence-corrected chi connectivity index (χ3v) is 9.99. The van der Waals surface area contributed by atoms with Gasteiger partial charge in [0.15, 0.2) is 8.32 Å². The van der Waals surface area contributed by atoms with Gasteiger partial charge >= 0.3 is 5.69 Å². The maximum atomic E-state index is 12.2. The molecule has 0 spiro atoms. The Hall–Kier alpha value is -1.18. The number of aromatic amines is 2. The lowest BCUT2D eigenvalue weighted by molar-refractivity contribution is 0.00977. The summed E-state index contributed by atoms with van der Waals surface area (Å²) in [5.74, 6) is 0.181. The number of aromatic nitrogens is 2. The first-order chi connectivity index (χ1) is 11.0. The zero-order valence-electron chi connectivity index (χ0n) is 15.7. The highest BCUT2D eigenvalue weighted by Crippen LogP contribution is 2.45. The molecule has 0 aliphatic carbocycles. The fourth-order valence-electron chi connectivity index (χ4n) is 2.91. The lowest BCUT2D eigenvalue weighted by Crippen LogP contribution is -2.46. The average molecular weight is 355 g/mol. The molecule has 2 rings (SSSR count). The van der Waals surface area contributed by atoms with Crippen LogP contribution in [0.3, 0.4) is 0 Å². The molecular weight excluding hydrogens is 324 g/mol. The van der Waals surface area contributed by atoms with Crippen LogP contribution in [0.15, 0.2) is 15.8 Å². The normalized spacial score (nSPS) is 28.3. The van der Waals surface area contributed by atoms with E-state index in [9.17, 15) is 9.59 Å². The third kappa shape index (κ3) is 3.58. The maximum absolute atomic E-state index is 12.2. The molecule has 0 radical (unpaired) electrons. The zero-order chi connectivity index (χ0) is 18.3. The highest BCUT2D eigenvalue weighted by atomic mass is 28.4. The van der Waals surface area contributed by atoms with Crippen molar-refractivity contribution in [3.05, 3.63) is 32.6 Å². The highest BCUT2D eigenvalue weighted by Gasteiger charge is 2.48. The summed E-state index contributed by atoms with van der Waals surface area (Å²) in [6.45, 7) is 15.2. The van der Waals surface area contributed by atoms with Crippen molar-refractivity contribution in [3.8, 4) is 0 Å². The molecule has 1 aliphatic rings. The molecule has 1 fully saturated rings. The van der Waals surface area contributed by atoms with Gasteiger partial charge in [-0.3, -0.25) is 9.78 Å². The molecule has 1 saturated heterocycles. The summed E-state index contributed by atoms with van der Waals surface area (Å²) in [4.78, 5) is 28.4. The highest BCUT2D eigenvalue weighted by molar-refractivity contribution is 6.74. The van der Waals surface area contributed by atoms with E-state index in [2.05, 4.69) is 57.7 Å². The summed E-state index contributed by atoms with van der Waals surface area (Å²) in [6.07, 6.45) is 1.70. The second-order valence-electron chi connectivity index (χ2n) is 8.23. The molecule has 1 aliphatic heterocycles. The molecule has 0 amide bonds. The number of nitrogens with one attached hydrogen (secondary N) is 2. The van der Waals surface area contributed by atoms with E-state index in [-0.39, 0.29) is 23.2 Å². The van der Waals surface area contributed by atoms with Crippen LogP contribution in [0.5, 0.6) is 0 Å². The molecular formula is C17H30N2O4Si. The second-order valence-corrected chi connectivity index (χ2v) is 13.0. The molecule has 4 atom stereocenters. The Labute approximate surface area is 144 Å². The molecule has 0 saturated carbocycles. The van der Waals surface area contributed by atoms with Gasteiger partial charge in [-0.2, -0.15) is 0 Å². The third-order valence-electron chi connectivity index (χ3n) is 5.52. The summed E-state index contributed by atoms with van der Waals surface area (Å²) in [6, 6.07) is 0. The Morgan fingerprint density at radius 1 is 1.29 bits per heavy atom. The van der Waals surface area contributed by atoms with Crippen molar-refractivity contribution in [2.45, 2.75) is 77.5 Å². The van der Waals surface area contributed by atoms with Crippen LogP contribution in [-0.4, -0.2) is 30.5 Å². The molecule has 2 heterocycles. The van der Waals surface area contributed by atoms with Crippen LogP contribution in [0.4, 0.5) is 0 Å². The van der Waals surface area contributed by atoms with Gasteiger partial charge in [0.05, 0.1) is 17.8 Å². The van der Waals surface area contributed by atoms with Crippen molar-refractivity contribution in [1.29, 1.82) is 0 Å². The lowest BCUT2D eigenvalue weighted by Gasteiger charge is -2.40. The standard InChI is InChI=1S/C17H30N2O4Si/c1-8-12-10(2)13(23-24(6,7)17(3,4)5)14(22-12)11-9-18-16(21)19-15(11)20/h9-10,12-14H,8H2,1-7H3,(H2,18,19,20,21)/t10?,12-,13+,14+/m1/s1. The Balaban J connectivity index is 2.41. The van der Waals surface area contributed by atoms with E-state index in [0.29, 0.717) is 5.56 Å².